The van der Waals surface area contributed by atoms with E-state index in [-0.39, 0.29) is 12.1 Å². The number of hydrogen-bond donors (Lipinski definition) is 2. The van der Waals surface area contributed by atoms with Crippen LogP contribution in [0, 0.1) is 0 Å². The normalized spacial score (nSPS) is 18.0. The Morgan fingerprint density at radius 3 is 2.52 bits per heavy atom. The van der Waals surface area contributed by atoms with Crippen molar-refractivity contribution in [3.63, 3.8) is 0 Å². The Balaban J connectivity index is 1.82. The number of alkyl halides is 5. The summed E-state index contributed by atoms with van der Waals surface area (Å²) >= 11 is 0. The minimum Gasteiger partial charge on any atom is -0.335 e. The van der Waals surface area contributed by atoms with Crippen molar-refractivity contribution in [2.75, 3.05) is 0 Å². The van der Waals surface area contributed by atoms with Crippen LogP contribution in [0.5, 0.6) is 0 Å². The predicted octanol–water partition coefficient (Wildman–Crippen LogP) is 3.30. The maximum absolute atomic E-state index is 12.6. The van der Waals surface area contributed by atoms with Crippen molar-refractivity contribution in [3.8, 4) is 0 Å². The van der Waals surface area contributed by atoms with Crippen molar-refractivity contribution in [1.82, 2.24) is 10.6 Å². The SMILES string of the molecule is O=C(NCc1cccc(C(F)(F)F)c1)NC1CC(F)(F)C1. The fourth-order valence-electron chi connectivity index (χ4n) is 2.04. The van der Waals surface area contributed by atoms with Crippen LogP contribution in [0.3, 0.4) is 0 Å². The fourth-order valence-corrected chi connectivity index (χ4v) is 2.04. The van der Waals surface area contributed by atoms with Gasteiger partial charge in [-0.15, -0.1) is 0 Å². The Morgan fingerprint density at radius 2 is 1.95 bits per heavy atom. The second-order valence-electron chi connectivity index (χ2n) is 4.99. The van der Waals surface area contributed by atoms with Gasteiger partial charge < -0.3 is 10.6 Å². The highest BCUT2D eigenvalue weighted by molar-refractivity contribution is 5.74. The van der Waals surface area contributed by atoms with E-state index in [0.29, 0.717) is 0 Å². The van der Waals surface area contributed by atoms with E-state index in [4.69, 9.17) is 0 Å². The van der Waals surface area contributed by atoms with Crippen LogP contribution < -0.4 is 10.6 Å². The smallest absolute Gasteiger partial charge is 0.335 e. The molecule has 1 fully saturated rings. The molecule has 0 bridgehead atoms. The Morgan fingerprint density at radius 1 is 1.29 bits per heavy atom. The lowest BCUT2D eigenvalue weighted by molar-refractivity contribution is -0.137. The van der Waals surface area contributed by atoms with Crippen molar-refractivity contribution in [2.24, 2.45) is 0 Å². The van der Waals surface area contributed by atoms with Gasteiger partial charge in [0.15, 0.2) is 0 Å². The van der Waals surface area contributed by atoms with Crippen molar-refractivity contribution >= 4 is 6.03 Å². The molecule has 2 rings (SSSR count). The lowest BCUT2D eigenvalue weighted by Crippen LogP contribution is -2.52. The van der Waals surface area contributed by atoms with E-state index in [1.165, 1.54) is 12.1 Å². The molecule has 2 amide bonds. The Bertz CT molecular complexity index is 522. The van der Waals surface area contributed by atoms with E-state index in [1.807, 2.05) is 0 Å². The first-order valence-corrected chi connectivity index (χ1v) is 6.24. The van der Waals surface area contributed by atoms with Crippen LogP contribution >= 0.6 is 0 Å². The minimum atomic E-state index is -4.45. The molecule has 0 atom stereocenters. The summed E-state index contributed by atoms with van der Waals surface area (Å²) in [6.45, 7) is -0.112. The summed E-state index contributed by atoms with van der Waals surface area (Å²) in [6, 6.07) is 3.27. The minimum absolute atomic E-state index is 0.112. The number of nitrogens with one attached hydrogen (secondary N) is 2. The second kappa shape index (κ2) is 5.50. The van der Waals surface area contributed by atoms with Crippen LogP contribution in [0.2, 0.25) is 0 Å². The van der Waals surface area contributed by atoms with Gasteiger partial charge in [-0.1, -0.05) is 12.1 Å². The van der Waals surface area contributed by atoms with Crippen LogP contribution in [0.4, 0.5) is 26.7 Å². The molecular formula is C13H13F5N2O. The van der Waals surface area contributed by atoms with Gasteiger partial charge in [0.25, 0.3) is 5.92 Å². The maximum Gasteiger partial charge on any atom is 0.416 e. The van der Waals surface area contributed by atoms with Crippen LogP contribution in [0.15, 0.2) is 24.3 Å². The quantitative estimate of drug-likeness (QED) is 0.827. The molecular weight excluding hydrogens is 295 g/mol. The molecule has 0 aliphatic heterocycles. The Hall–Kier alpha value is -1.86. The first-order valence-electron chi connectivity index (χ1n) is 6.24. The molecule has 0 unspecified atom stereocenters. The van der Waals surface area contributed by atoms with Crippen molar-refractivity contribution in [1.29, 1.82) is 0 Å². The van der Waals surface area contributed by atoms with Gasteiger partial charge in [0.1, 0.15) is 0 Å². The number of hydrogen-bond acceptors (Lipinski definition) is 1. The van der Waals surface area contributed by atoms with Crippen LogP contribution in [0.1, 0.15) is 24.0 Å². The molecule has 0 saturated heterocycles. The van der Waals surface area contributed by atoms with E-state index < -0.39 is 42.6 Å². The fraction of sp³-hybridized carbons (Fsp3) is 0.462. The molecule has 8 heteroatoms. The zero-order valence-corrected chi connectivity index (χ0v) is 10.8. The molecule has 0 radical (unpaired) electrons. The van der Waals surface area contributed by atoms with E-state index in [9.17, 15) is 26.7 Å². The van der Waals surface area contributed by atoms with E-state index in [2.05, 4.69) is 10.6 Å². The molecule has 1 aromatic carbocycles. The highest BCUT2D eigenvalue weighted by atomic mass is 19.4. The Labute approximate surface area is 117 Å². The topological polar surface area (TPSA) is 41.1 Å². The van der Waals surface area contributed by atoms with Gasteiger partial charge in [0, 0.05) is 25.4 Å². The summed E-state index contributed by atoms with van der Waals surface area (Å²) in [5.74, 6) is -2.74. The standard InChI is InChI=1S/C13H13F5N2O/c14-12(15)5-10(6-12)20-11(21)19-7-8-2-1-3-9(4-8)13(16,17)18/h1-4,10H,5-7H2,(H2,19,20,21). The van der Waals surface area contributed by atoms with E-state index in [1.54, 1.807) is 0 Å². The molecule has 0 spiro atoms. The first kappa shape index (κ1) is 15.5. The molecule has 1 aliphatic rings. The lowest BCUT2D eigenvalue weighted by atomic mass is 9.88. The highest BCUT2D eigenvalue weighted by Crippen LogP contribution is 2.37. The van der Waals surface area contributed by atoms with Crippen LogP contribution in [-0.2, 0) is 12.7 Å². The molecule has 0 heterocycles. The molecule has 1 saturated carbocycles. The number of benzene rings is 1. The molecule has 3 nitrogen and oxygen atoms in total. The van der Waals surface area contributed by atoms with Crippen molar-refractivity contribution in [3.05, 3.63) is 35.4 Å². The number of carbonyl (C=O) groups is 1. The summed E-state index contributed by atoms with van der Waals surface area (Å²) in [6.07, 6.45) is -5.27. The van der Waals surface area contributed by atoms with Crippen molar-refractivity contribution in [2.45, 2.75) is 37.5 Å². The van der Waals surface area contributed by atoms with Crippen LogP contribution in [0.25, 0.3) is 0 Å². The number of carbonyl (C=O) groups excluding carboxylic acids is 1. The summed E-state index contributed by atoms with van der Waals surface area (Å²) in [7, 11) is 0. The number of amides is 2. The monoisotopic (exact) mass is 308 g/mol. The summed E-state index contributed by atoms with van der Waals surface area (Å²) in [5, 5.41) is 4.68. The molecule has 21 heavy (non-hydrogen) atoms. The van der Waals surface area contributed by atoms with Gasteiger partial charge in [0.2, 0.25) is 0 Å². The molecule has 0 aromatic heterocycles. The van der Waals surface area contributed by atoms with Crippen molar-refractivity contribution < 1.29 is 26.7 Å². The number of halogens is 5. The Kier molecular flexibility index (Phi) is 4.06. The third-order valence-electron chi connectivity index (χ3n) is 3.13. The molecule has 1 aliphatic carbocycles. The van der Waals surface area contributed by atoms with Crippen LogP contribution in [-0.4, -0.2) is 18.0 Å². The first-order chi connectivity index (χ1) is 9.66. The molecule has 2 N–H and O–H groups in total. The molecule has 116 valence electrons. The average molecular weight is 308 g/mol. The van der Waals surface area contributed by atoms with E-state index in [0.717, 1.165) is 12.1 Å². The number of urea groups is 1. The molecule has 1 aromatic rings. The largest absolute Gasteiger partial charge is 0.416 e. The highest BCUT2D eigenvalue weighted by Gasteiger charge is 2.45. The van der Waals surface area contributed by atoms with Gasteiger partial charge in [-0.05, 0) is 17.7 Å². The zero-order chi connectivity index (χ0) is 15.7. The maximum atomic E-state index is 12.6. The van der Waals surface area contributed by atoms with E-state index >= 15 is 0 Å². The summed E-state index contributed by atoms with van der Waals surface area (Å²) in [5.41, 5.74) is -0.528. The second-order valence-corrected chi connectivity index (χ2v) is 4.99. The van der Waals surface area contributed by atoms with Gasteiger partial charge in [-0.3, -0.25) is 0 Å². The van der Waals surface area contributed by atoms with Gasteiger partial charge in [0.05, 0.1) is 5.56 Å². The third-order valence-corrected chi connectivity index (χ3v) is 3.13. The number of rotatable bonds is 3. The zero-order valence-electron chi connectivity index (χ0n) is 10.8. The average Bonchev–Trinajstić information content (AvgIpc) is 2.33. The van der Waals surface area contributed by atoms with Gasteiger partial charge >= 0.3 is 12.2 Å². The van der Waals surface area contributed by atoms with Gasteiger partial charge in [-0.25, -0.2) is 13.6 Å². The summed E-state index contributed by atoms with van der Waals surface area (Å²) < 4.78 is 62.6. The predicted molar refractivity (Wildman–Crippen MR) is 64.8 cm³/mol. The summed E-state index contributed by atoms with van der Waals surface area (Å²) in [4.78, 5) is 11.4. The lowest BCUT2D eigenvalue weighted by Gasteiger charge is -2.35. The van der Waals surface area contributed by atoms with Gasteiger partial charge in [-0.2, -0.15) is 13.2 Å². The third kappa shape index (κ3) is 4.30.